The number of hydrogen-bond acceptors (Lipinski definition) is 5. The molecule has 134 valence electrons. The van der Waals surface area contributed by atoms with Crippen LogP contribution in [-0.2, 0) is 18.3 Å². The Balaban J connectivity index is 1.42. The molecule has 2 saturated heterocycles. The molecule has 2 fully saturated rings. The summed E-state index contributed by atoms with van der Waals surface area (Å²) in [5.74, 6) is 0.750. The number of amides is 1. The molecule has 4 heterocycles. The lowest BCUT2D eigenvalue weighted by molar-refractivity contribution is 0.0476. The third-order valence-corrected chi connectivity index (χ3v) is 5.12. The van der Waals surface area contributed by atoms with Crippen molar-refractivity contribution in [3.05, 3.63) is 41.6 Å². The highest BCUT2D eigenvalue weighted by molar-refractivity contribution is 5.93. The van der Waals surface area contributed by atoms with Crippen LogP contribution in [0.15, 0.2) is 29.1 Å². The van der Waals surface area contributed by atoms with Crippen LogP contribution in [0.1, 0.15) is 21.7 Å². The standard InChI is InChI=1S/C18H24N4O3/c1-13-3-5-25-17(13)18(23)22-11-15-10-21(4-6-24-16(15)12-22)9-14-7-19-20(2)8-14/h3,5,7-8,15-16H,4,6,9-12H2,1-2H3/t15-,16+/m1/s1. The van der Waals surface area contributed by atoms with Crippen LogP contribution in [0.25, 0.3) is 0 Å². The summed E-state index contributed by atoms with van der Waals surface area (Å²) in [4.78, 5) is 17.0. The first-order chi connectivity index (χ1) is 12.1. The topological polar surface area (TPSA) is 63.7 Å². The van der Waals surface area contributed by atoms with E-state index in [1.165, 1.54) is 5.56 Å². The number of carbonyl (C=O) groups is 1. The second kappa shape index (κ2) is 6.65. The second-order valence-electron chi connectivity index (χ2n) is 7.07. The Morgan fingerprint density at radius 1 is 1.36 bits per heavy atom. The summed E-state index contributed by atoms with van der Waals surface area (Å²) in [6.07, 6.45) is 5.64. The van der Waals surface area contributed by atoms with Crippen molar-refractivity contribution in [1.82, 2.24) is 19.6 Å². The summed E-state index contributed by atoms with van der Waals surface area (Å²) >= 11 is 0. The Hall–Kier alpha value is -2.12. The Labute approximate surface area is 147 Å². The van der Waals surface area contributed by atoms with Crippen molar-refractivity contribution in [2.75, 3.05) is 32.8 Å². The Bertz CT molecular complexity index is 753. The molecule has 0 bridgehead atoms. The molecule has 0 N–H and O–H groups in total. The summed E-state index contributed by atoms with van der Waals surface area (Å²) in [5, 5.41) is 4.24. The summed E-state index contributed by atoms with van der Waals surface area (Å²) in [6, 6.07) is 1.83. The molecule has 2 aromatic heterocycles. The van der Waals surface area contributed by atoms with Crippen LogP contribution in [-0.4, -0.2) is 64.4 Å². The highest BCUT2D eigenvalue weighted by atomic mass is 16.5. The molecule has 1 amide bonds. The highest BCUT2D eigenvalue weighted by Gasteiger charge is 2.39. The summed E-state index contributed by atoms with van der Waals surface area (Å²) in [5.41, 5.74) is 2.09. The molecule has 0 saturated carbocycles. The lowest BCUT2D eigenvalue weighted by Crippen LogP contribution is -2.33. The molecule has 2 aliphatic heterocycles. The van der Waals surface area contributed by atoms with E-state index in [0.717, 1.165) is 25.2 Å². The summed E-state index contributed by atoms with van der Waals surface area (Å²) in [6.45, 7) is 6.66. The first-order valence-corrected chi connectivity index (χ1v) is 8.75. The number of ether oxygens (including phenoxy) is 1. The zero-order valence-electron chi connectivity index (χ0n) is 14.7. The van der Waals surface area contributed by atoms with Crippen LogP contribution in [0.5, 0.6) is 0 Å². The van der Waals surface area contributed by atoms with Crippen LogP contribution in [0.3, 0.4) is 0 Å². The van der Waals surface area contributed by atoms with E-state index in [9.17, 15) is 4.79 Å². The number of aryl methyl sites for hydroxylation is 2. The number of nitrogens with zero attached hydrogens (tertiary/aromatic N) is 4. The number of likely N-dealkylation sites (tertiary alicyclic amines) is 1. The lowest BCUT2D eigenvalue weighted by atomic mass is 10.1. The van der Waals surface area contributed by atoms with Gasteiger partial charge in [-0.05, 0) is 13.0 Å². The summed E-state index contributed by atoms with van der Waals surface area (Å²) in [7, 11) is 1.93. The van der Waals surface area contributed by atoms with Crippen molar-refractivity contribution in [1.29, 1.82) is 0 Å². The fourth-order valence-electron chi connectivity index (χ4n) is 3.82. The number of aromatic nitrogens is 2. The van der Waals surface area contributed by atoms with Gasteiger partial charge in [0, 0.05) is 63.0 Å². The molecule has 2 aliphatic rings. The van der Waals surface area contributed by atoms with E-state index < -0.39 is 0 Å². The van der Waals surface area contributed by atoms with Crippen molar-refractivity contribution in [3.8, 4) is 0 Å². The third-order valence-electron chi connectivity index (χ3n) is 5.12. The number of hydrogen-bond donors (Lipinski definition) is 0. The maximum atomic E-state index is 12.7. The monoisotopic (exact) mass is 344 g/mol. The molecule has 4 rings (SSSR count). The van der Waals surface area contributed by atoms with E-state index in [-0.39, 0.29) is 12.0 Å². The van der Waals surface area contributed by atoms with Gasteiger partial charge in [-0.2, -0.15) is 5.10 Å². The van der Waals surface area contributed by atoms with Crippen LogP contribution in [0, 0.1) is 12.8 Å². The molecular formula is C18H24N4O3. The van der Waals surface area contributed by atoms with Crippen molar-refractivity contribution in [2.45, 2.75) is 19.6 Å². The number of carbonyl (C=O) groups excluding carboxylic acids is 1. The zero-order chi connectivity index (χ0) is 17.4. The third kappa shape index (κ3) is 3.34. The molecule has 2 aromatic rings. The molecule has 2 atom stereocenters. The van der Waals surface area contributed by atoms with E-state index >= 15 is 0 Å². The number of furan rings is 1. The van der Waals surface area contributed by atoms with Crippen molar-refractivity contribution < 1.29 is 13.9 Å². The fraction of sp³-hybridized carbons (Fsp3) is 0.556. The van der Waals surface area contributed by atoms with Crippen molar-refractivity contribution >= 4 is 5.91 Å². The van der Waals surface area contributed by atoms with E-state index in [4.69, 9.17) is 9.15 Å². The molecule has 0 aromatic carbocycles. The van der Waals surface area contributed by atoms with Gasteiger partial charge in [0.15, 0.2) is 5.76 Å². The Kier molecular flexibility index (Phi) is 4.35. The molecule has 0 unspecified atom stereocenters. The second-order valence-corrected chi connectivity index (χ2v) is 7.07. The van der Waals surface area contributed by atoms with E-state index in [1.807, 2.05) is 42.0 Å². The van der Waals surface area contributed by atoms with Crippen LogP contribution >= 0.6 is 0 Å². The minimum atomic E-state index is -0.0296. The molecule has 0 aliphatic carbocycles. The van der Waals surface area contributed by atoms with Gasteiger partial charge in [-0.3, -0.25) is 14.4 Å². The molecule has 0 radical (unpaired) electrons. The van der Waals surface area contributed by atoms with Crippen LogP contribution < -0.4 is 0 Å². The van der Waals surface area contributed by atoms with E-state index in [1.54, 1.807) is 6.26 Å². The maximum absolute atomic E-state index is 12.7. The normalized spacial score (nSPS) is 24.3. The van der Waals surface area contributed by atoms with E-state index in [0.29, 0.717) is 31.4 Å². The van der Waals surface area contributed by atoms with Gasteiger partial charge in [0.05, 0.1) is 25.2 Å². The van der Waals surface area contributed by atoms with Crippen LogP contribution in [0.2, 0.25) is 0 Å². The van der Waals surface area contributed by atoms with Gasteiger partial charge >= 0.3 is 0 Å². The predicted molar refractivity (Wildman–Crippen MR) is 91.1 cm³/mol. The quantitative estimate of drug-likeness (QED) is 0.840. The van der Waals surface area contributed by atoms with Gasteiger partial charge in [-0.1, -0.05) is 0 Å². The first kappa shape index (κ1) is 16.4. The predicted octanol–water partition coefficient (Wildman–Crippen LogP) is 1.29. The van der Waals surface area contributed by atoms with Crippen molar-refractivity contribution in [3.63, 3.8) is 0 Å². The average Bonchev–Trinajstić information content (AvgIpc) is 3.26. The SMILES string of the molecule is Cc1ccoc1C(=O)N1C[C@H]2CN(Cc3cnn(C)c3)CCO[C@H]2C1. The zero-order valence-corrected chi connectivity index (χ0v) is 14.7. The minimum Gasteiger partial charge on any atom is -0.459 e. The highest BCUT2D eigenvalue weighted by Crippen LogP contribution is 2.26. The molecular weight excluding hydrogens is 320 g/mol. The number of rotatable bonds is 3. The van der Waals surface area contributed by atoms with Gasteiger partial charge in [0.25, 0.3) is 5.91 Å². The van der Waals surface area contributed by atoms with Crippen LogP contribution in [0.4, 0.5) is 0 Å². The molecule has 7 nitrogen and oxygen atoms in total. The van der Waals surface area contributed by atoms with E-state index in [2.05, 4.69) is 10.00 Å². The maximum Gasteiger partial charge on any atom is 0.289 e. The number of fused-ring (bicyclic) bond motifs is 1. The largest absolute Gasteiger partial charge is 0.459 e. The fourth-order valence-corrected chi connectivity index (χ4v) is 3.82. The van der Waals surface area contributed by atoms with Gasteiger partial charge < -0.3 is 14.1 Å². The van der Waals surface area contributed by atoms with Crippen molar-refractivity contribution in [2.24, 2.45) is 13.0 Å². The average molecular weight is 344 g/mol. The summed E-state index contributed by atoms with van der Waals surface area (Å²) < 4.78 is 13.2. The molecule has 0 spiro atoms. The van der Waals surface area contributed by atoms with Gasteiger partial charge in [-0.15, -0.1) is 0 Å². The van der Waals surface area contributed by atoms with Gasteiger partial charge in [-0.25, -0.2) is 0 Å². The minimum absolute atomic E-state index is 0.0296. The Morgan fingerprint density at radius 3 is 2.96 bits per heavy atom. The van der Waals surface area contributed by atoms with Gasteiger partial charge in [0.2, 0.25) is 0 Å². The van der Waals surface area contributed by atoms with Gasteiger partial charge in [0.1, 0.15) is 0 Å². The molecule has 7 heteroatoms. The Morgan fingerprint density at radius 2 is 2.24 bits per heavy atom. The molecule has 25 heavy (non-hydrogen) atoms. The smallest absolute Gasteiger partial charge is 0.289 e. The first-order valence-electron chi connectivity index (χ1n) is 8.75. The lowest BCUT2D eigenvalue weighted by Gasteiger charge is -2.22.